The van der Waals surface area contributed by atoms with Gasteiger partial charge >= 0.3 is 0 Å². The molecule has 0 bridgehead atoms. The molecule has 0 aliphatic heterocycles. The Balaban J connectivity index is 2.51. The Bertz CT molecular complexity index is 144. The van der Waals surface area contributed by atoms with E-state index in [0.29, 0.717) is 0 Å². The van der Waals surface area contributed by atoms with Crippen molar-refractivity contribution in [3.63, 3.8) is 0 Å². The van der Waals surface area contributed by atoms with E-state index in [9.17, 15) is 0 Å². The molecule has 0 nitrogen and oxygen atoms in total. The van der Waals surface area contributed by atoms with Gasteiger partial charge < -0.3 is 0 Å². The molecule has 0 N–H and O–H groups in total. The van der Waals surface area contributed by atoms with Crippen LogP contribution >= 0.6 is 0 Å². The van der Waals surface area contributed by atoms with Gasteiger partial charge in [-0.1, -0.05) is 45.8 Å². The van der Waals surface area contributed by atoms with Crippen molar-refractivity contribution in [1.29, 1.82) is 0 Å². The number of rotatable bonds is 1. The SMILES string of the molecule is CC1/C=C\C(C(C)C)CCCC1. The van der Waals surface area contributed by atoms with Crippen LogP contribution in [0, 0.1) is 17.8 Å². The maximum absolute atomic E-state index is 2.45. The maximum Gasteiger partial charge on any atom is -0.0210 e. The minimum absolute atomic E-state index is 0.812. The van der Waals surface area contributed by atoms with Crippen molar-refractivity contribution < 1.29 is 0 Å². The molecule has 0 aromatic rings. The fourth-order valence-electron chi connectivity index (χ4n) is 1.93. The van der Waals surface area contributed by atoms with Crippen LogP contribution in [0.25, 0.3) is 0 Å². The summed E-state index contributed by atoms with van der Waals surface area (Å²) in [7, 11) is 0. The smallest absolute Gasteiger partial charge is 0.0210 e. The highest BCUT2D eigenvalue weighted by Crippen LogP contribution is 2.25. The van der Waals surface area contributed by atoms with Gasteiger partial charge in [0.05, 0.1) is 0 Å². The summed E-state index contributed by atoms with van der Waals surface area (Å²) < 4.78 is 0. The lowest BCUT2D eigenvalue weighted by Gasteiger charge is -2.20. The first-order chi connectivity index (χ1) is 5.70. The van der Waals surface area contributed by atoms with Gasteiger partial charge in [0.2, 0.25) is 0 Å². The quantitative estimate of drug-likeness (QED) is 0.516. The van der Waals surface area contributed by atoms with E-state index < -0.39 is 0 Å². The first-order valence-corrected chi connectivity index (χ1v) is 5.38. The Hall–Kier alpha value is -0.260. The fraction of sp³-hybridized carbons (Fsp3) is 0.833. The largest absolute Gasteiger partial charge is 0.0854 e. The van der Waals surface area contributed by atoms with Crippen molar-refractivity contribution in [2.24, 2.45) is 17.8 Å². The zero-order valence-electron chi connectivity index (χ0n) is 8.72. The van der Waals surface area contributed by atoms with Gasteiger partial charge in [0, 0.05) is 0 Å². The summed E-state index contributed by atoms with van der Waals surface area (Å²) in [5.74, 6) is 2.48. The second kappa shape index (κ2) is 4.69. The van der Waals surface area contributed by atoms with E-state index >= 15 is 0 Å². The summed E-state index contributed by atoms with van der Waals surface area (Å²) in [4.78, 5) is 0. The second-order valence-electron chi connectivity index (χ2n) is 4.55. The Morgan fingerprint density at radius 2 is 1.75 bits per heavy atom. The molecule has 0 heteroatoms. The van der Waals surface area contributed by atoms with Crippen LogP contribution in [0.15, 0.2) is 12.2 Å². The normalized spacial score (nSPS) is 34.3. The summed E-state index contributed by atoms with van der Waals surface area (Å²) >= 11 is 0. The zero-order valence-corrected chi connectivity index (χ0v) is 8.72. The third-order valence-corrected chi connectivity index (χ3v) is 2.99. The molecule has 0 fully saturated rings. The lowest BCUT2D eigenvalue weighted by atomic mass is 9.86. The Labute approximate surface area is 77.1 Å². The topological polar surface area (TPSA) is 0 Å². The third-order valence-electron chi connectivity index (χ3n) is 2.99. The van der Waals surface area contributed by atoms with E-state index in [1.54, 1.807) is 0 Å². The van der Waals surface area contributed by atoms with E-state index in [-0.39, 0.29) is 0 Å². The highest BCUT2D eigenvalue weighted by Gasteiger charge is 2.12. The van der Waals surface area contributed by atoms with Crippen molar-refractivity contribution in [3.8, 4) is 0 Å². The highest BCUT2D eigenvalue weighted by atomic mass is 14.2. The van der Waals surface area contributed by atoms with E-state index in [4.69, 9.17) is 0 Å². The van der Waals surface area contributed by atoms with Crippen LogP contribution in [0.5, 0.6) is 0 Å². The summed E-state index contributed by atoms with van der Waals surface area (Å²) in [5, 5.41) is 0. The molecule has 0 aromatic carbocycles. The molecule has 2 atom stereocenters. The molecule has 1 aliphatic carbocycles. The summed E-state index contributed by atoms with van der Waals surface area (Å²) in [6.45, 7) is 7.00. The molecular weight excluding hydrogens is 144 g/mol. The molecule has 0 saturated heterocycles. The lowest BCUT2D eigenvalue weighted by molar-refractivity contribution is 0.397. The molecule has 0 radical (unpaired) electrons. The Kier molecular flexibility index (Phi) is 3.84. The minimum Gasteiger partial charge on any atom is -0.0854 e. The number of allylic oxidation sites excluding steroid dienone is 2. The fourth-order valence-corrected chi connectivity index (χ4v) is 1.93. The van der Waals surface area contributed by atoms with Crippen molar-refractivity contribution in [2.75, 3.05) is 0 Å². The zero-order chi connectivity index (χ0) is 8.97. The van der Waals surface area contributed by atoms with Gasteiger partial charge in [-0.25, -0.2) is 0 Å². The van der Waals surface area contributed by atoms with Crippen molar-refractivity contribution in [2.45, 2.75) is 46.5 Å². The predicted octanol–water partition coefficient (Wildman–Crippen LogP) is 4.02. The van der Waals surface area contributed by atoms with Gasteiger partial charge in [-0.15, -0.1) is 0 Å². The van der Waals surface area contributed by atoms with E-state index in [1.165, 1.54) is 25.7 Å². The summed E-state index contributed by atoms with van der Waals surface area (Å²) in [6, 6.07) is 0. The molecule has 0 aromatic heterocycles. The van der Waals surface area contributed by atoms with Crippen LogP contribution in [-0.2, 0) is 0 Å². The average Bonchev–Trinajstić information content (AvgIpc) is 1.97. The van der Waals surface area contributed by atoms with E-state index in [2.05, 4.69) is 32.9 Å². The highest BCUT2D eigenvalue weighted by molar-refractivity contribution is 4.94. The molecule has 0 saturated carbocycles. The van der Waals surface area contributed by atoms with Gasteiger partial charge in [0.25, 0.3) is 0 Å². The van der Waals surface area contributed by atoms with Gasteiger partial charge in [-0.2, -0.15) is 0 Å². The number of hydrogen-bond donors (Lipinski definition) is 0. The van der Waals surface area contributed by atoms with Crippen molar-refractivity contribution >= 4 is 0 Å². The molecule has 0 spiro atoms. The van der Waals surface area contributed by atoms with Crippen LogP contribution < -0.4 is 0 Å². The van der Waals surface area contributed by atoms with Gasteiger partial charge in [0.1, 0.15) is 0 Å². The van der Waals surface area contributed by atoms with Gasteiger partial charge in [-0.3, -0.25) is 0 Å². The van der Waals surface area contributed by atoms with Crippen LogP contribution in [-0.4, -0.2) is 0 Å². The lowest BCUT2D eigenvalue weighted by Crippen LogP contribution is -2.08. The maximum atomic E-state index is 2.45. The van der Waals surface area contributed by atoms with Crippen LogP contribution in [0.3, 0.4) is 0 Å². The van der Waals surface area contributed by atoms with E-state index in [0.717, 1.165) is 17.8 Å². The Morgan fingerprint density at radius 3 is 2.42 bits per heavy atom. The summed E-state index contributed by atoms with van der Waals surface area (Å²) in [5.41, 5.74) is 0. The van der Waals surface area contributed by atoms with Crippen LogP contribution in [0.2, 0.25) is 0 Å². The third kappa shape index (κ3) is 3.00. The molecule has 1 rings (SSSR count). The molecular formula is C12H22. The molecule has 0 heterocycles. The first kappa shape index (κ1) is 9.83. The molecule has 2 unspecified atom stereocenters. The molecule has 12 heavy (non-hydrogen) atoms. The van der Waals surface area contributed by atoms with Crippen molar-refractivity contribution in [1.82, 2.24) is 0 Å². The van der Waals surface area contributed by atoms with Crippen LogP contribution in [0.1, 0.15) is 46.5 Å². The van der Waals surface area contributed by atoms with Gasteiger partial charge in [0.15, 0.2) is 0 Å². The second-order valence-corrected chi connectivity index (χ2v) is 4.55. The summed E-state index contributed by atoms with van der Waals surface area (Å²) in [6.07, 6.45) is 10.5. The Morgan fingerprint density at radius 1 is 1.08 bits per heavy atom. The van der Waals surface area contributed by atoms with Crippen molar-refractivity contribution in [3.05, 3.63) is 12.2 Å². The molecule has 70 valence electrons. The predicted molar refractivity (Wildman–Crippen MR) is 55.1 cm³/mol. The number of hydrogen-bond acceptors (Lipinski definition) is 0. The van der Waals surface area contributed by atoms with E-state index in [1.807, 2.05) is 0 Å². The minimum atomic E-state index is 0.812. The first-order valence-electron chi connectivity index (χ1n) is 5.38. The monoisotopic (exact) mass is 166 g/mol. The molecule has 1 aliphatic rings. The van der Waals surface area contributed by atoms with Crippen LogP contribution in [0.4, 0.5) is 0 Å². The van der Waals surface area contributed by atoms with Gasteiger partial charge in [-0.05, 0) is 30.6 Å². The standard InChI is InChI=1S/C12H22/c1-10(2)12-7-5-4-6-11(3)8-9-12/h8-12H,4-7H2,1-3H3/b9-8-. The average molecular weight is 166 g/mol. The molecule has 0 amide bonds.